The molecule has 1 amide bonds. The molecule has 2 aromatic carbocycles. The standard InChI is InChI=1S/C25H28N2O2.ClH/c1-25(2,3)24(28)27-14-12-22(13-15-27)29-21-10-8-18(9-11-21)20-16-19-6-4-5-7-23(19)26-17-20;/h4-11,16-17,22H,12-15H2,1-3H3;1H. The lowest BCUT2D eigenvalue weighted by Gasteiger charge is -2.35. The fraction of sp³-hybridized carbons (Fsp3) is 0.360. The van der Waals surface area contributed by atoms with Gasteiger partial charge in [0, 0.05) is 48.5 Å². The molecule has 158 valence electrons. The van der Waals surface area contributed by atoms with Gasteiger partial charge in [0.25, 0.3) is 0 Å². The largest absolute Gasteiger partial charge is 0.490 e. The highest BCUT2D eigenvalue weighted by atomic mass is 35.5. The number of hydrogen-bond acceptors (Lipinski definition) is 3. The lowest BCUT2D eigenvalue weighted by atomic mass is 9.93. The summed E-state index contributed by atoms with van der Waals surface area (Å²) in [5.41, 5.74) is 2.92. The molecule has 0 N–H and O–H groups in total. The predicted octanol–water partition coefficient (Wildman–Crippen LogP) is 5.74. The van der Waals surface area contributed by atoms with Crippen LogP contribution in [0.4, 0.5) is 0 Å². The van der Waals surface area contributed by atoms with Gasteiger partial charge in [-0.15, -0.1) is 12.4 Å². The molecule has 0 bridgehead atoms. The van der Waals surface area contributed by atoms with Crippen molar-refractivity contribution < 1.29 is 9.53 Å². The average molecular weight is 425 g/mol. The third-order valence-corrected chi connectivity index (χ3v) is 5.45. The monoisotopic (exact) mass is 424 g/mol. The zero-order valence-corrected chi connectivity index (χ0v) is 18.6. The lowest BCUT2D eigenvalue weighted by molar-refractivity contribution is -0.141. The zero-order valence-electron chi connectivity index (χ0n) is 17.8. The van der Waals surface area contributed by atoms with Gasteiger partial charge in [-0.1, -0.05) is 51.1 Å². The van der Waals surface area contributed by atoms with Gasteiger partial charge in [0.2, 0.25) is 5.91 Å². The maximum atomic E-state index is 12.4. The van der Waals surface area contributed by atoms with E-state index < -0.39 is 0 Å². The predicted molar refractivity (Wildman–Crippen MR) is 124 cm³/mol. The van der Waals surface area contributed by atoms with Gasteiger partial charge >= 0.3 is 0 Å². The summed E-state index contributed by atoms with van der Waals surface area (Å²) in [6.45, 7) is 7.46. The number of para-hydroxylation sites is 1. The van der Waals surface area contributed by atoms with Crippen LogP contribution in [-0.4, -0.2) is 35.0 Å². The number of amides is 1. The molecule has 0 unspecified atom stereocenters. The first-order valence-electron chi connectivity index (χ1n) is 10.3. The summed E-state index contributed by atoms with van der Waals surface area (Å²) in [5, 5.41) is 1.14. The number of aromatic nitrogens is 1. The molecule has 1 aliphatic heterocycles. The minimum absolute atomic E-state index is 0. The first-order valence-corrected chi connectivity index (χ1v) is 10.3. The van der Waals surface area contributed by atoms with Crippen LogP contribution in [0.25, 0.3) is 22.0 Å². The van der Waals surface area contributed by atoms with Crippen molar-refractivity contribution in [2.45, 2.75) is 39.7 Å². The van der Waals surface area contributed by atoms with Crippen LogP contribution in [0.1, 0.15) is 33.6 Å². The molecule has 1 aromatic heterocycles. The van der Waals surface area contributed by atoms with Crippen LogP contribution in [-0.2, 0) is 4.79 Å². The molecule has 5 heteroatoms. The highest BCUT2D eigenvalue weighted by Gasteiger charge is 2.30. The summed E-state index contributed by atoms with van der Waals surface area (Å²) in [6, 6.07) is 18.5. The summed E-state index contributed by atoms with van der Waals surface area (Å²) in [4.78, 5) is 18.9. The first-order chi connectivity index (χ1) is 13.9. The van der Waals surface area contributed by atoms with E-state index in [0.29, 0.717) is 0 Å². The number of likely N-dealkylation sites (tertiary alicyclic amines) is 1. The Labute approximate surface area is 184 Å². The van der Waals surface area contributed by atoms with Crippen molar-refractivity contribution in [1.29, 1.82) is 0 Å². The molecule has 0 radical (unpaired) electrons. The molecule has 0 spiro atoms. The molecule has 0 saturated carbocycles. The number of rotatable bonds is 3. The topological polar surface area (TPSA) is 42.4 Å². The number of carbonyl (C=O) groups excluding carboxylic acids is 1. The Kier molecular flexibility index (Phi) is 6.67. The summed E-state index contributed by atoms with van der Waals surface area (Å²) < 4.78 is 6.18. The minimum Gasteiger partial charge on any atom is -0.490 e. The van der Waals surface area contributed by atoms with E-state index in [2.05, 4.69) is 29.2 Å². The number of hydrogen-bond donors (Lipinski definition) is 0. The van der Waals surface area contributed by atoms with Crippen LogP contribution in [0.2, 0.25) is 0 Å². The second-order valence-electron chi connectivity index (χ2n) is 8.80. The van der Waals surface area contributed by atoms with Crippen molar-refractivity contribution in [3.63, 3.8) is 0 Å². The molecule has 4 rings (SSSR count). The van der Waals surface area contributed by atoms with Gasteiger partial charge in [0.1, 0.15) is 11.9 Å². The maximum Gasteiger partial charge on any atom is 0.227 e. The molecule has 2 heterocycles. The molecule has 1 fully saturated rings. The van der Waals surface area contributed by atoms with Crippen LogP contribution < -0.4 is 4.74 Å². The summed E-state index contributed by atoms with van der Waals surface area (Å²) in [7, 11) is 0. The van der Waals surface area contributed by atoms with E-state index in [-0.39, 0.29) is 29.8 Å². The highest BCUT2D eigenvalue weighted by molar-refractivity contribution is 5.85. The molecule has 1 aliphatic rings. The number of benzene rings is 2. The van der Waals surface area contributed by atoms with Crippen molar-refractivity contribution >= 4 is 29.2 Å². The fourth-order valence-corrected chi connectivity index (χ4v) is 3.80. The third-order valence-electron chi connectivity index (χ3n) is 5.45. The molecular formula is C25H29ClN2O2. The van der Waals surface area contributed by atoms with Gasteiger partial charge in [0.05, 0.1) is 5.52 Å². The normalized spacial score (nSPS) is 15.0. The fourth-order valence-electron chi connectivity index (χ4n) is 3.80. The number of pyridine rings is 1. The number of carbonyl (C=O) groups is 1. The zero-order chi connectivity index (χ0) is 20.4. The van der Waals surface area contributed by atoms with E-state index in [0.717, 1.165) is 53.7 Å². The Balaban J connectivity index is 0.00000256. The smallest absolute Gasteiger partial charge is 0.227 e. The lowest BCUT2D eigenvalue weighted by Crippen LogP contribution is -2.46. The van der Waals surface area contributed by atoms with Crippen molar-refractivity contribution in [2.75, 3.05) is 13.1 Å². The Morgan fingerprint density at radius 3 is 2.33 bits per heavy atom. The number of nitrogens with zero attached hydrogens (tertiary/aromatic N) is 2. The first kappa shape index (κ1) is 22.1. The van der Waals surface area contributed by atoms with Crippen LogP contribution in [0.15, 0.2) is 60.8 Å². The van der Waals surface area contributed by atoms with Crippen molar-refractivity contribution in [2.24, 2.45) is 5.41 Å². The van der Waals surface area contributed by atoms with E-state index in [1.54, 1.807) is 0 Å². The van der Waals surface area contributed by atoms with Crippen LogP contribution >= 0.6 is 12.4 Å². The summed E-state index contributed by atoms with van der Waals surface area (Å²) in [6.07, 6.45) is 3.82. The van der Waals surface area contributed by atoms with Crippen LogP contribution in [0.3, 0.4) is 0 Å². The van der Waals surface area contributed by atoms with E-state index in [9.17, 15) is 4.79 Å². The highest BCUT2D eigenvalue weighted by Crippen LogP contribution is 2.27. The van der Waals surface area contributed by atoms with Gasteiger partial charge in [-0.05, 0) is 29.8 Å². The molecular weight excluding hydrogens is 396 g/mol. The van der Waals surface area contributed by atoms with Gasteiger partial charge in [0.15, 0.2) is 0 Å². The van der Waals surface area contributed by atoms with Gasteiger partial charge in [-0.2, -0.15) is 0 Å². The van der Waals surface area contributed by atoms with Crippen molar-refractivity contribution in [3.8, 4) is 16.9 Å². The molecule has 0 aliphatic carbocycles. The molecule has 0 atom stereocenters. The number of halogens is 1. The Bertz CT molecular complexity index is 1000. The van der Waals surface area contributed by atoms with Crippen LogP contribution in [0.5, 0.6) is 5.75 Å². The van der Waals surface area contributed by atoms with E-state index in [1.165, 1.54) is 0 Å². The SMILES string of the molecule is CC(C)(C)C(=O)N1CCC(Oc2ccc(-c3cnc4ccccc4c3)cc2)CC1.Cl. The van der Waals surface area contributed by atoms with E-state index in [4.69, 9.17) is 4.74 Å². The average Bonchev–Trinajstić information content (AvgIpc) is 2.73. The molecule has 4 nitrogen and oxygen atoms in total. The van der Waals surface area contributed by atoms with E-state index >= 15 is 0 Å². The van der Waals surface area contributed by atoms with Crippen LogP contribution in [0, 0.1) is 5.41 Å². The Morgan fingerprint density at radius 2 is 1.67 bits per heavy atom. The molecule has 1 saturated heterocycles. The number of ether oxygens (including phenoxy) is 1. The molecule has 3 aromatic rings. The quantitative estimate of drug-likeness (QED) is 0.538. The summed E-state index contributed by atoms with van der Waals surface area (Å²) >= 11 is 0. The minimum atomic E-state index is -0.318. The number of piperidine rings is 1. The van der Waals surface area contributed by atoms with Crippen molar-refractivity contribution in [1.82, 2.24) is 9.88 Å². The third kappa shape index (κ3) is 4.93. The Morgan fingerprint density at radius 1 is 1.00 bits per heavy atom. The summed E-state index contributed by atoms with van der Waals surface area (Å²) in [5.74, 6) is 1.10. The molecule has 30 heavy (non-hydrogen) atoms. The second kappa shape index (κ2) is 9.05. The van der Waals surface area contributed by atoms with Gasteiger partial charge < -0.3 is 9.64 Å². The number of fused-ring (bicyclic) bond motifs is 1. The Hall–Kier alpha value is -2.59. The van der Waals surface area contributed by atoms with Gasteiger partial charge in [-0.3, -0.25) is 9.78 Å². The van der Waals surface area contributed by atoms with Crippen molar-refractivity contribution in [3.05, 3.63) is 60.8 Å². The second-order valence-corrected chi connectivity index (χ2v) is 8.80. The van der Waals surface area contributed by atoms with Gasteiger partial charge in [-0.25, -0.2) is 0 Å². The maximum absolute atomic E-state index is 12.4. The van der Waals surface area contributed by atoms with E-state index in [1.807, 2.05) is 62.2 Å².